The van der Waals surface area contributed by atoms with Gasteiger partial charge < -0.3 is 20.7 Å². The van der Waals surface area contributed by atoms with Crippen LogP contribution in [0.25, 0.3) is 0 Å². The number of hydrogen-bond donors (Lipinski definition) is 3. The molecule has 0 aromatic heterocycles. The summed E-state index contributed by atoms with van der Waals surface area (Å²) in [5.41, 5.74) is -1.10. The average Bonchev–Trinajstić information content (AvgIpc) is 2.51. The zero-order valence-electron chi connectivity index (χ0n) is 18.4. The van der Waals surface area contributed by atoms with Crippen molar-refractivity contribution in [3.63, 3.8) is 0 Å². The lowest BCUT2D eigenvalue weighted by molar-refractivity contribution is 0.0474. The van der Waals surface area contributed by atoms with Gasteiger partial charge in [0.2, 0.25) is 10.0 Å². The van der Waals surface area contributed by atoms with E-state index in [1.807, 2.05) is 34.6 Å². The molecule has 168 valence electrons. The van der Waals surface area contributed by atoms with Crippen molar-refractivity contribution < 1.29 is 17.9 Å². The van der Waals surface area contributed by atoms with Crippen LogP contribution in [-0.4, -0.2) is 75.4 Å². The summed E-state index contributed by atoms with van der Waals surface area (Å²) in [7, 11) is 0.0791. The second-order valence-corrected chi connectivity index (χ2v) is 10.3. The number of rotatable bonds is 9. The van der Waals surface area contributed by atoms with Crippen LogP contribution in [0.1, 0.15) is 48.0 Å². The highest BCUT2D eigenvalue weighted by Crippen LogP contribution is 2.09. The molecule has 0 aliphatic carbocycles. The summed E-state index contributed by atoms with van der Waals surface area (Å²) in [6.07, 6.45) is 0.174. The van der Waals surface area contributed by atoms with Crippen molar-refractivity contribution in [2.45, 2.75) is 59.1 Å². The number of ether oxygens (including phenoxy) is 1. The van der Waals surface area contributed by atoms with Crippen LogP contribution in [-0.2, 0) is 14.8 Å². The zero-order valence-corrected chi connectivity index (χ0v) is 21.5. The number of halogens is 1. The summed E-state index contributed by atoms with van der Waals surface area (Å²) >= 11 is 0. The van der Waals surface area contributed by atoms with E-state index in [4.69, 9.17) is 4.74 Å². The number of aliphatic imine (C=N–C) groups is 1. The lowest BCUT2D eigenvalue weighted by Crippen LogP contribution is -2.54. The van der Waals surface area contributed by atoms with Crippen molar-refractivity contribution in [2.75, 3.05) is 39.5 Å². The Morgan fingerprint density at radius 2 is 1.71 bits per heavy atom. The van der Waals surface area contributed by atoms with Gasteiger partial charge >= 0.3 is 6.09 Å². The van der Waals surface area contributed by atoms with Gasteiger partial charge in [-0.1, -0.05) is 0 Å². The first-order chi connectivity index (χ1) is 12.2. The Hall–Kier alpha value is -0.820. The molecule has 0 spiro atoms. The highest BCUT2D eigenvalue weighted by atomic mass is 127. The highest BCUT2D eigenvalue weighted by molar-refractivity contribution is 14.0. The van der Waals surface area contributed by atoms with Gasteiger partial charge in [-0.2, -0.15) is 0 Å². The number of nitrogens with zero attached hydrogens (tertiary/aromatic N) is 2. The average molecular weight is 535 g/mol. The van der Waals surface area contributed by atoms with Crippen molar-refractivity contribution >= 4 is 46.1 Å². The second-order valence-electron chi connectivity index (χ2n) is 7.94. The van der Waals surface area contributed by atoms with E-state index in [2.05, 4.69) is 20.9 Å². The molecule has 0 rings (SSSR count). The first-order valence-corrected chi connectivity index (χ1v) is 10.7. The van der Waals surface area contributed by atoms with Crippen molar-refractivity contribution in [1.29, 1.82) is 0 Å². The number of amides is 1. The van der Waals surface area contributed by atoms with Gasteiger partial charge in [-0.25, -0.2) is 17.5 Å². The predicted molar refractivity (Wildman–Crippen MR) is 125 cm³/mol. The molecule has 0 fully saturated rings. The van der Waals surface area contributed by atoms with Gasteiger partial charge in [0, 0.05) is 33.7 Å². The quantitative estimate of drug-likeness (QED) is 0.180. The number of alkyl carbamates (subject to hydrolysis) is 1. The molecule has 0 aliphatic heterocycles. The monoisotopic (exact) mass is 535 g/mol. The fourth-order valence-corrected chi connectivity index (χ4v) is 2.87. The fraction of sp³-hybridized carbons (Fsp3) is 0.882. The SMILES string of the molecule is CCS(=O)(=O)N(C)CCCNC(=NC)NCC(C)(C)NC(=O)OC(C)(C)C.I. The molecule has 0 heterocycles. The maximum absolute atomic E-state index is 11.9. The molecule has 9 nitrogen and oxygen atoms in total. The third-order valence-electron chi connectivity index (χ3n) is 3.54. The molecule has 0 aromatic carbocycles. The van der Waals surface area contributed by atoms with Gasteiger partial charge in [-0.05, 0) is 48.0 Å². The molecular weight excluding hydrogens is 497 g/mol. The standard InChI is InChI=1S/C17H37N5O4S.HI/c1-9-27(24,25)22(8)12-10-11-19-14(18-7)20-13-17(5,6)21-15(23)26-16(2,3)4;/h9-13H2,1-8H3,(H,21,23)(H2,18,19,20);1H. The van der Waals surface area contributed by atoms with E-state index in [1.54, 1.807) is 21.0 Å². The minimum Gasteiger partial charge on any atom is -0.444 e. The fourth-order valence-electron chi connectivity index (χ4n) is 2.02. The molecule has 0 unspecified atom stereocenters. The van der Waals surface area contributed by atoms with Crippen LogP contribution < -0.4 is 16.0 Å². The second kappa shape index (κ2) is 12.7. The Morgan fingerprint density at radius 1 is 1.14 bits per heavy atom. The topological polar surface area (TPSA) is 112 Å². The number of carbonyl (C=O) groups excluding carboxylic acids is 1. The van der Waals surface area contributed by atoms with Gasteiger partial charge in [0.1, 0.15) is 5.60 Å². The summed E-state index contributed by atoms with van der Waals surface area (Å²) in [6.45, 7) is 12.3. The zero-order chi connectivity index (χ0) is 21.3. The van der Waals surface area contributed by atoms with Gasteiger partial charge in [0.25, 0.3) is 0 Å². The largest absolute Gasteiger partial charge is 0.444 e. The summed E-state index contributed by atoms with van der Waals surface area (Å²) in [5.74, 6) is 0.676. The van der Waals surface area contributed by atoms with Crippen LogP contribution >= 0.6 is 24.0 Å². The lowest BCUT2D eigenvalue weighted by atomic mass is 10.1. The van der Waals surface area contributed by atoms with E-state index < -0.39 is 27.3 Å². The maximum atomic E-state index is 11.9. The summed E-state index contributed by atoms with van der Waals surface area (Å²) < 4.78 is 30.0. The van der Waals surface area contributed by atoms with E-state index in [-0.39, 0.29) is 29.7 Å². The lowest BCUT2D eigenvalue weighted by Gasteiger charge is -2.29. The molecule has 0 radical (unpaired) electrons. The Balaban J connectivity index is 0. The van der Waals surface area contributed by atoms with Crippen LogP contribution in [0.4, 0.5) is 4.79 Å². The molecule has 0 atom stereocenters. The molecule has 3 N–H and O–H groups in total. The Kier molecular flexibility index (Phi) is 13.3. The number of sulfonamides is 1. The Bertz CT molecular complexity index is 603. The van der Waals surface area contributed by atoms with Crippen LogP contribution in [0.3, 0.4) is 0 Å². The first kappa shape index (κ1) is 29.4. The molecule has 1 amide bonds. The first-order valence-electron chi connectivity index (χ1n) is 9.12. The van der Waals surface area contributed by atoms with E-state index >= 15 is 0 Å². The number of guanidine groups is 1. The Labute approximate surface area is 187 Å². The number of nitrogens with one attached hydrogen (secondary N) is 3. The number of hydrogen-bond acceptors (Lipinski definition) is 5. The van der Waals surface area contributed by atoms with Gasteiger partial charge in [-0.15, -0.1) is 24.0 Å². The molecular formula is C17H38IN5O4S. The van der Waals surface area contributed by atoms with Crippen molar-refractivity contribution in [3.05, 3.63) is 0 Å². The molecule has 0 aromatic rings. The van der Waals surface area contributed by atoms with Crippen LogP contribution in [0.15, 0.2) is 4.99 Å². The summed E-state index contributed by atoms with van der Waals surface area (Å²) in [6, 6.07) is 0. The van der Waals surface area contributed by atoms with Crippen molar-refractivity contribution in [2.24, 2.45) is 4.99 Å². The minimum atomic E-state index is -3.15. The predicted octanol–water partition coefficient (Wildman–Crippen LogP) is 1.74. The van der Waals surface area contributed by atoms with E-state index in [0.717, 1.165) is 0 Å². The Morgan fingerprint density at radius 3 is 2.18 bits per heavy atom. The van der Waals surface area contributed by atoms with Gasteiger partial charge in [0.15, 0.2) is 5.96 Å². The molecule has 0 bridgehead atoms. The van der Waals surface area contributed by atoms with Gasteiger partial charge in [0.05, 0.1) is 11.3 Å². The van der Waals surface area contributed by atoms with E-state index in [1.165, 1.54) is 4.31 Å². The molecule has 11 heteroatoms. The van der Waals surface area contributed by atoms with E-state index in [9.17, 15) is 13.2 Å². The maximum Gasteiger partial charge on any atom is 0.408 e. The highest BCUT2D eigenvalue weighted by Gasteiger charge is 2.24. The van der Waals surface area contributed by atoms with Crippen molar-refractivity contribution in [3.8, 4) is 0 Å². The summed E-state index contributed by atoms with van der Waals surface area (Å²) in [5, 5.41) is 9.09. The molecule has 0 aliphatic rings. The third kappa shape index (κ3) is 13.4. The van der Waals surface area contributed by atoms with Gasteiger partial charge in [-0.3, -0.25) is 4.99 Å². The molecule has 28 heavy (non-hydrogen) atoms. The number of carbonyl (C=O) groups is 1. The smallest absolute Gasteiger partial charge is 0.408 e. The third-order valence-corrected chi connectivity index (χ3v) is 5.40. The van der Waals surface area contributed by atoms with Crippen molar-refractivity contribution in [1.82, 2.24) is 20.3 Å². The summed E-state index contributed by atoms with van der Waals surface area (Å²) in [4.78, 5) is 16.0. The minimum absolute atomic E-state index is 0. The normalized spacial score (nSPS) is 13.0. The van der Waals surface area contributed by atoms with Crippen LogP contribution in [0.2, 0.25) is 0 Å². The molecule has 0 saturated heterocycles. The van der Waals surface area contributed by atoms with E-state index in [0.29, 0.717) is 32.0 Å². The van der Waals surface area contributed by atoms with Crippen LogP contribution in [0, 0.1) is 0 Å². The van der Waals surface area contributed by atoms with Crippen LogP contribution in [0.5, 0.6) is 0 Å². The molecule has 0 saturated carbocycles.